The van der Waals surface area contributed by atoms with E-state index in [0.717, 1.165) is 0 Å². The van der Waals surface area contributed by atoms with E-state index in [1.807, 2.05) is 0 Å². The normalized spacial score (nSPS) is 10.3. The Morgan fingerprint density at radius 3 is 2.69 bits per heavy atom. The molecule has 8 heteroatoms. The van der Waals surface area contributed by atoms with Crippen molar-refractivity contribution in [2.24, 2.45) is 0 Å². The van der Waals surface area contributed by atoms with Gasteiger partial charge < -0.3 is 19.8 Å². The van der Waals surface area contributed by atoms with Crippen molar-refractivity contribution in [3.05, 3.63) is 53.0 Å². The second-order valence-electron chi connectivity index (χ2n) is 5.41. The van der Waals surface area contributed by atoms with E-state index >= 15 is 0 Å². The van der Waals surface area contributed by atoms with Crippen LogP contribution in [-0.2, 0) is 16.0 Å². The van der Waals surface area contributed by atoms with Crippen LogP contribution >= 0.6 is 0 Å². The quantitative estimate of drug-likeness (QED) is 0.486. The van der Waals surface area contributed by atoms with Gasteiger partial charge in [0.25, 0.3) is 5.56 Å². The zero-order valence-electron chi connectivity index (χ0n) is 14.7. The van der Waals surface area contributed by atoms with E-state index < -0.39 is 0 Å². The maximum atomic E-state index is 12.1. The predicted molar refractivity (Wildman–Crippen MR) is 97.0 cm³/mol. The first-order chi connectivity index (χ1) is 12.6. The molecular weight excluding hydrogens is 336 g/mol. The van der Waals surface area contributed by atoms with Crippen LogP contribution < -0.4 is 15.6 Å². The van der Waals surface area contributed by atoms with E-state index in [1.54, 1.807) is 37.5 Å². The molecule has 1 heterocycles. The summed E-state index contributed by atoms with van der Waals surface area (Å²) < 4.78 is 10.4. The van der Waals surface area contributed by atoms with Crippen molar-refractivity contribution in [2.75, 3.05) is 26.9 Å². The first-order valence-corrected chi connectivity index (χ1v) is 8.19. The third kappa shape index (κ3) is 5.82. The molecule has 0 fully saturated rings. The number of aromatic nitrogens is 3. The van der Waals surface area contributed by atoms with Crippen LogP contribution in [0.15, 0.2) is 41.7 Å². The van der Waals surface area contributed by atoms with Crippen LogP contribution in [0.5, 0.6) is 5.75 Å². The fraction of sp³-hybridized carbons (Fsp3) is 0.333. The van der Waals surface area contributed by atoms with Gasteiger partial charge in [0.15, 0.2) is 5.82 Å². The molecule has 1 aromatic heterocycles. The van der Waals surface area contributed by atoms with Gasteiger partial charge in [0.2, 0.25) is 5.91 Å². The van der Waals surface area contributed by atoms with Gasteiger partial charge in [-0.05, 0) is 24.3 Å². The molecule has 0 aliphatic heterocycles. The Balaban J connectivity index is 1.99. The number of carbonyl (C=O) groups excluding carboxylic acids is 1. The van der Waals surface area contributed by atoms with Crippen molar-refractivity contribution in [3.8, 4) is 17.1 Å². The van der Waals surface area contributed by atoms with E-state index in [1.165, 1.54) is 0 Å². The molecule has 0 aliphatic rings. The molecule has 2 rings (SSSR count). The lowest BCUT2D eigenvalue weighted by atomic mass is 10.2. The predicted octanol–water partition coefficient (Wildman–Crippen LogP) is 1.09. The third-order valence-corrected chi connectivity index (χ3v) is 3.48. The lowest BCUT2D eigenvalue weighted by Crippen LogP contribution is -2.25. The second-order valence-corrected chi connectivity index (χ2v) is 5.41. The number of hydrogen-bond acceptors (Lipinski definition) is 6. The van der Waals surface area contributed by atoms with E-state index in [0.29, 0.717) is 36.9 Å². The van der Waals surface area contributed by atoms with Gasteiger partial charge >= 0.3 is 0 Å². The maximum absolute atomic E-state index is 12.1. The molecule has 0 aliphatic carbocycles. The minimum absolute atomic E-state index is 0.165. The van der Waals surface area contributed by atoms with E-state index in [2.05, 4.69) is 27.1 Å². The molecule has 0 bridgehead atoms. The molecule has 2 aromatic rings. The number of rotatable bonds is 10. The van der Waals surface area contributed by atoms with Gasteiger partial charge in [-0.3, -0.25) is 9.59 Å². The number of aryl methyl sites for hydroxylation is 1. The van der Waals surface area contributed by atoms with Gasteiger partial charge in [0, 0.05) is 32.1 Å². The molecule has 0 atom stereocenters. The minimum atomic E-state index is -0.355. The molecule has 0 unspecified atom stereocenters. The van der Waals surface area contributed by atoms with Crippen molar-refractivity contribution in [1.29, 1.82) is 0 Å². The summed E-state index contributed by atoms with van der Waals surface area (Å²) in [4.78, 5) is 26.4. The Bertz CT molecular complexity index is 787. The van der Waals surface area contributed by atoms with Crippen LogP contribution in [0.1, 0.15) is 12.1 Å². The number of hydrogen-bond donors (Lipinski definition) is 2. The summed E-state index contributed by atoms with van der Waals surface area (Å²) in [6.07, 6.45) is 1.98. The van der Waals surface area contributed by atoms with Gasteiger partial charge in [-0.25, -0.2) is 0 Å². The summed E-state index contributed by atoms with van der Waals surface area (Å²) in [5, 5.41) is 10.6. The average molecular weight is 358 g/mol. The van der Waals surface area contributed by atoms with Gasteiger partial charge in [0.1, 0.15) is 18.1 Å². The highest BCUT2D eigenvalue weighted by atomic mass is 16.5. The van der Waals surface area contributed by atoms with Crippen LogP contribution in [0.2, 0.25) is 0 Å². The van der Waals surface area contributed by atoms with Crippen molar-refractivity contribution in [1.82, 2.24) is 20.5 Å². The number of nitrogens with one attached hydrogen (secondary N) is 2. The number of benzene rings is 1. The van der Waals surface area contributed by atoms with Crippen molar-refractivity contribution >= 4 is 5.91 Å². The number of methoxy groups -OCH3 is 1. The van der Waals surface area contributed by atoms with Gasteiger partial charge in [-0.15, -0.1) is 16.8 Å². The molecule has 0 saturated heterocycles. The fourth-order valence-corrected chi connectivity index (χ4v) is 2.11. The zero-order chi connectivity index (χ0) is 18.8. The van der Waals surface area contributed by atoms with Crippen molar-refractivity contribution in [2.45, 2.75) is 12.8 Å². The van der Waals surface area contributed by atoms with Crippen LogP contribution in [0.3, 0.4) is 0 Å². The van der Waals surface area contributed by atoms with Crippen LogP contribution in [0.25, 0.3) is 11.4 Å². The summed E-state index contributed by atoms with van der Waals surface area (Å²) in [5.41, 5.74) is 0.581. The summed E-state index contributed by atoms with van der Waals surface area (Å²) in [5.74, 6) is 0.890. The first kappa shape index (κ1) is 19.3. The lowest BCUT2D eigenvalue weighted by molar-refractivity contribution is -0.120. The van der Waals surface area contributed by atoms with Gasteiger partial charge in [-0.1, -0.05) is 6.08 Å². The molecule has 0 saturated carbocycles. The van der Waals surface area contributed by atoms with Crippen LogP contribution in [-0.4, -0.2) is 48.0 Å². The summed E-state index contributed by atoms with van der Waals surface area (Å²) >= 11 is 0. The molecule has 26 heavy (non-hydrogen) atoms. The summed E-state index contributed by atoms with van der Waals surface area (Å²) in [6, 6.07) is 7.13. The molecule has 1 amide bonds. The monoisotopic (exact) mass is 358 g/mol. The molecule has 2 N–H and O–H groups in total. The van der Waals surface area contributed by atoms with E-state index in [4.69, 9.17) is 9.47 Å². The third-order valence-electron chi connectivity index (χ3n) is 3.48. The van der Waals surface area contributed by atoms with Crippen molar-refractivity contribution < 1.29 is 14.3 Å². The molecule has 8 nitrogen and oxygen atoms in total. The summed E-state index contributed by atoms with van der Waals surface area (Å²) in [6.45, 7) is 4.88. The van der Waals surface area contributed by atoms with Crippen LogP contribution in [0.4, 0.5) is 0 Å². The number of amides is 1. The smallest absolute Gasteiger partial charge is 0.273 e. The zero-order valence-corrected chi connectivity index (χ0v) is 14.7. The summed E-state index contributed by atoms with van der Waals surface area (Å²) in [7, 11) is 1.61. The molecule has 0 spiro atoms. The molecule has 0 radical (unpaired) electrons. The highest BCUT2D eigenvalue weighted by Gasteiger charge is 2.09. The Kier molecular flexibility index (Phi) is 7.50. The Hall–Kier alpha value is -3.00. The Morgan fingerprint density at radius 2 is 2.04 bits per heavy atom. The fourth-order valence-electron chi connectivity index (χ4n) is 2.11. The first-order valence-electron chi connectivity index (χ1n) is 8.19. The minimum Gasteiger partial charge on any atom is -0.491 e. The Labute approximate surface area is 151 Å². The lowest BCUT2D eigenvalue weighted by Gasteiger charge is -2.06. The highest BCUT2D eigenvalue weighted by molar-refractivity contribution is 5.76. The van der Waals surface area contributed by atoms with Gasteiger partial charge in [-0.2, -0.15) is 0 Å². The largest absolute Gasteiger partial charge is 0.491 e. The standard InChI is InChI=1S/C18H22N4O4/c1-3-10-19-16(23)9-8-15-18(24)20-17(22-21-15)13-4-6-14(7-5-13)26-12-11-25-2/h3-7H,1,8-12H2,2H3,(H,19,23)(H,20,22,24). The number of aromatic amines is 1. The highest BCUT2D eigenvalue weighted by Crippen LogP contribution is 2.18. The number of carbonyl (C=O) groups is 1. The number of ether oxygens (including phenoxy) is 2. The van der Waals surface area contributed by atoms with E-state index in [9.17, 15) is 9.59 Å². The van der Waals surface area contributed by atoms with Crippen molar-refractivity contribution in [3.63, 3.8) is 0 Å². The van der Waals surface area contributed by atoms with E-state index in [-0.39, 0.29) is 30.0 Å². The second kappa shape index (κ2) is 10.1. The number of H-pyrrole nitrogens is 1. The molecule has 138 valence electrons. The molecule has 1 aromatic carbocycles. The molecular formula is C18H22N4O4. The van der Waals surface area contributed by atoms with Crippen LogP contribution in [0, 0.1) is 0 Å². The van der Waals surface area contributed by atoms with Gasteiger partial charge in [0.05, 0.1) is 6.61 Å². The topological polar surface area (TPSA) is 106 Å². The average Bonchev–Trinajstić information content (AvgIpc) is 2.66. The SMILES string of the molecule is C=CCNC(=O)CCc1nnc(-c2ccc(OCCOC)cc2)[nH]c1=O. The number of nitrogens with zero attached hydrogens (tertiary/aromatic N) is 2. The maximum Gasteiger partial charge on any atom is 0.273 e. The Morgan fingerprint density at radius 1 is 1.27 bits per heavy atom.